The molecule has 0 aliphatic rings. The summed E-state index contributed by atoms with van der Waals surface area (Å²) >= 11 is 6.00. The number of hydrogen-bond acceptors (Lipinski definition) is 3. The standard InChI is InChI=1S/C15H13ClN4/c1-10(13-8-12(16)6-7-14(13)17)19-20-15-5-3-2-4-11(15)9-18-20/h2-9H,17H2,1H3/b19-10+. The molecule has 0 fully saturated rings. The Balaban J connectivity index is 2.09. The van der Waals surface area contributed by atoms with E-state index in [1.165, 1.54) is 0 Å². The summed E-state index contributed by atoms with van der Waals surface area (Å²) in [7, 11) is 0. The van der Waals surface area contributed by atoms with E-state index in [2.05, 4.69) is 10.2 Å². The molecule has 1 heterocycles. The molecule has 2 N–H and O–H groups in total. The molecule has 0 aliphatic carbocycles. The molecule has 0 bridgehead atoms. The van der Waals surface area contributed by atoms with Crippen LogP contribution in [0.15, 0.2) is 53.8 Å². The number of nitrogens with two attached hydrogens (primary N) is 1. The molecule has 20 heavy (non-hydrogen) atoms. The van der Waals surface area contributed by atoms with Crippen LogP contribution in [-0.2, 0) is 0 Å². The van der Waals surface area contributed by atoms with Crippen molar-refractivity contribution in [3.05, 3.63) is 59.2 Å². The number of rotatable bonds is 2. The van der Waals surface area contributed by atoms with Gasteiger partial charge < -0.3 is 5.73 Å². The van der Waals surface area contributed by atoms with E-state index in [9.17, 15) is 0 Å². The van der Waals surface area contributed by atoms with E-state index in [1.807, 2.05) is 31.2 Å². The Morgan fingerprint density at radius 1 is 1.25 bits per heavy atom. The van der Waals surface area contributed by atoms with E-state index in [0.29, 0.717) is 10.7 Å². The highest BCUT2D eigenvalue weighted by molar-refractivity contribution is 6.31. The maximum Gasteiger partial charge on any atom is 0.0945 e. The van der Waals surface area contributed by atoms with Crippen molar-refractivity contribution >= 4 is 33.9 Å². The SMILES string of the molecule is C/C(=N\n1ncc2ccccc21)c1cc(Cl)ccc1N. The van der Waals surface area contributed by atoms with Crippen LogP contribution in [0.1, 0.15) is 12.5 Å². The van der Waals surface area contributed by atoms with E-state index < -0.39 is 0 Å². The smallest absolute Gasteiger partial charge is 0.0945 e. The van der Waals surface area contributed by atoms with Gasteiger partial charge in [0.25, 0.3) is 0 Å². The van der Waals surface area contributed by atoms with Gasteiger partial charge in [0.15, 0.2) is 0 Å². The summed E-state index contributed by atoms with van der Waals surface area (Å²) in [6.07, 6.45) is 1.79. The first-order valence-corrected chi connectivity index (χ1v) is 6.57. The van der Waals surface area contributed by atoms with E-state index in [1.54, 1.807) is 29.2 Å². The van der Waals surface area contributed by atoms with Gasteiger partial charge >= 0.3 is 0 Å². The Morgan fingerprint density at radius 2 is 2.05 bits per heavy atom. The molecule has 0 saturated carbocycles. The molecule has 0 saturated heterocycles. The van der Waals surface area contributed by atoms with Gasteiger partial charge in [-0.2, -0.15) is 15.0 Å². The van der Waals surface area contributed by atoms with Crippen molar-refractivity contribution in [3.63, 3.8) is 0 Å². The highest BCUT2D eigenvalue weighted by Gasteiger charge is 2.06. The summed E-state index contributed by atoms with van der Waals surface area (Å²) in [5.74, 6) is 0. The van der Waals surface area contributed by atoms with Crippen LogP contribution in [0, 0.1) is 0 Å². The number of aromatic nitrogens is 2. The maximum absolute atomic E-state index is 6.00. The number of benzene rings is 2. The fraction of sp³-hybridized carbons (Fsp3) is 0.0667. The monoisotopic (exact) mass is 284 g/mol. The highest BCUT2D eigenvalue weighted by Crippen LogP contribution is 2.19. The van der Waals surface area contributed by atoms with Gasteiger partial charge in [0.1, 0.15) is 0 Å². The van der Waals surface area contributed by atoms with Crippen LogP contribution < -0.4 is 5.73 Å². The maximum atomic E-state index is 6.00. The minimum atomic E-state index is 0.633. The molecule has 0 atom stereocenters. The van der Waals surface area contributed by atoms with Crippen LogP contribution in [0.5, 0.6) is 0 Å². The van der Waals surface area contributed by atoms with Gasteiger partial charge in [-0.25, -0.2) is 0 Å². The van der Waals surface area contributed by atoms with Crippen LogP contribution in [0.2, 0.25) is 5.02 Å². The molecule has 0 spiro atoms. The second-order valence-electron chi connectivity index (χ2n) is 4.51. The topological polar surface area (TPSA) is 56.2 Å². The highest BCUT2D eigenvalue weighted by atomic mass is 35.5. The molecule has 0 unspecified atom stereocenters. The summed E-state index contributed by atoms with van der Waals surface area (Å²) in [4.78, 5) is 1.60. The number of nitrogens with zero attached hydrogens (tertiary/aromatic N) is 3. The predicted molar refractivity (Wildman–Crippen MR) is 83.2 cm³/mol. The van der Waals surface area contributed by atoms with Gasteiger partial charge in [-0.1, -0.05) is 29.8 Å². The summed E-state index contributed by atoms with van der Waals surface area (Å²) < 4.78 is 0. The summed E-state index contributed by atoms with van der Waals surface area (Å²) in [5, 5.41) is 10.4. The zero-order valence-corrected chi connectivity index (χ0v) is 11.7. The molecule has 3 aromatic rings. The molecule has 5 heteroatoms. The number of halogens is 1. The first-order valence-electron chi connectivity index (χ1n) is 6.19. The molecule has 2 aromatic carbocycles. The lowest BCUT2D eigenvalue weighted by atomic mass is 10.1. The lowest BCUT2D eigenvalue weighted by Gasteiger charge is -2.06. The minimum absolute atomic E-state index is 0.633. The van der Waals surface area contributed by atoms with Crippen LogP contribution in [0.4, 0.5) is 5.69 Å². The second kappa shape index (κ2) is 4.98. The number of fused-ring (bicyclic) bond motifs is 1. The molecular formula is C15H13ClN4. The van der Waals surface area contributed by atoms with Gasteiger partial charge in [-0.05, 0) is 31.2 Å². The molecule has 100 valence electrons. The van der Waals surface area contributed by atoms with E-state index in [0.717, 1.165) is 22.2 Å². The number of nitrogen functional groups attached to an aromatic ring is 1. The zero-order valence-electron chi connectivity index (χ0n) is 10.9. The third-order valence-corrected chi connectivity index (χ3v) is 3.34. The van der Waals surface area contributed by atoms with Crippen molar-refractivity contribution in [1.82, 2.24) is 9.89 Å². The van der Waals surface area contributed by atoms with Gasteiger partial charge in [0.2, 0.25) is 0 Å². The fourth-order valence-corrected chi connectivity index (χ4v) is 2.25. The second-order valence-corrected chi connectivity index (χ2v) is 4.95. The van der Waals surface area contributed by atoms with Crippen LogP contribution in [0.3, 0.4) is 0 Å². The fourth-order valence-electron chi connectivity index (χ4n) is 2.08. The van der Waals surface area contributed by atoms with Crippen LogP contribution in [0.25, 0.3) is 10.9 Å². The van der Waals surface area contributed by atoms with Gasteiger partial charge in [0, 0.05) is 21.7 Å². The van der Waals surface area contributed by atoms with E-state index in [-0.39, 0.29) is 0 Å². The molecular weight excluding hydrogens is 272 g/mol. The molecule has 0 radical (unpaired) electrons. The van der Waals surface area contributed by atoms with E-state index >= 15 is 0 Å². The first-order chi connectivity index (χ1) is 9.65. The van der Waals surface area contributed by atoms with Crippen molar-refractivity contribution < 1.29 is 0 Å². The number of anilines is 1. The molecule has 4 nitrogen and oxygen atoms in total. The summed E-state index contributed by atoms with van der Waals surface area (Å²) in [6.45, 7) is 1.89. The average Bonchev–Trinajstić information content (AvgIpc) is 2.85. The molecule has 1 aromatic heterocycles. The van der Waals surface area contributed by atoms with Crippen molar-refractivity contribution in [2.45, 2.75) is 6.92 Å². The number of para-hydroxylation sites is 1. The summed E-state index contributed by atoms with van der Waals surface area (Å²) in [5.41, 5.74) is 9.14. The molecule has 3 rings (SSSR count). The first kappa shape index (κ1) is 12.7. The van der Waals surface area contributed by atoms with Gasteiger partial charge in [0.05, 0.1) is 17.4 Å². The normalized spacial score (nSPS) is 12.0. The lowest BCUT2D eigenvalue weighted by Crippen LogP contribution is -2.04. The van der Waals surface area contributed by atoms with Gasteiger partial charge in [-0.3, -0.25) is 0 Å². The zero-order chi connectivity index (χ0) is 14.1. The molecule has 0 amide bonds. The largest absolute Gasteiger partial charge is 0.398 e. The van der Waals surface area contributed by atoms with Crippen molar-refractivity contribution in [1.29, 1.82) is 0 Å². The Kier molecular flexibility index (Phi) is 3.16. The Hall–Kier alpha value is -2.33. The van der Waals surface area contributed by atoms with Crippen molar-refractivity contribution in [2.24, 2.45) is 5.10 Å². The minimum Gasteiger partial charge on any atom is -0.398 e. The van der Waals surface area contributed by atoms with Crippen molar-refractivity contribution in [2.75, 3.05) is 5.73 Å². The van der Waals surface area contributed by atoms with Crippen molar-refractivity contribution in [3.8, 4) is 0 Å². The Bertz CT molecular complexity index is 804. The average molecular weight is 285 g/mol. The summed E-state index contributed by atoms with van der Waals surface area (Å²) in [6, 6.07) is 13.2. The predicted octanol–water partition coefficient (Wildman–Crippen LogP) is 3.54. The van der Waals surface area contributed by atoms with E-state index in [4.69, 9.17) is 17.3 Å². The third-order valence-electron chi connectivity index (χ3n) is 3.11. The third kappa shape index (κ3) is 2.26. The van der Waals surface area contributed by atoms with Gasteiger partial charge in [-0.15, -0.1) is 0 Å². The molecule has 0 aliphatic heterocycles. The Labute approximate surface area is 121 Å². The quantitative estimate of drug-likeness (QED) is 0.578. The number of hydrogen-bond donors (Lipinski definition) is 1. The lowest BCUT2D eigenvalue weighted by molar-refractivity contribution is 0.768. The van der Waals surface area contributed by atoms with Crippen LogP contribution in [-0.4, -0.2) is 15.6 Å². The van der Waals surface area contributed by atoms with Crippen LogP contribution >= 0.6 is 11.6 Å². The Morgan fingerprint density at radius 3 is 2.90 bits per heavy atom.